The zero-order valence-electron chi connectivity index (χ0n) is 6.58. The van der Waals surface area contributed by atoms with Crippen molar-refractivity contribution in [3.63, 3.8) is 0 Å². The van der Waals surface area contributed by atoms with Crippen LogP contribution in [0.25, 0.3) is 0 Å². The predicted octanol–water partition coefficient (Wildman–Crippen LogP) is -5.72. The molecule has 0 saturated heterocycles. The molecule has 0 aliphatic carbocycles. The smallest absolute Gasteiger partial charge is 1.00 e. The summed E-state index contributed by atoms with van der Waals surface area (Å²) >= 11 is 0. The minimum atomic E-state index is -5.14. The van der Waals surface area contributed by atoms with Crippen LogP contribution in [0.1, 0.15) is 2.85 Å². The number of hydrogen-bond acceptors (Lipinski definition) is 1. The van der Waals surface area contributed by atoms with Gasteiger partial charge in [0.15, 0.2) is 0 Å². The fraction of sp³-hybridized carbons (Fsp3) is 0. The summed E-state index contributed by atoms with van der Waals surface area (Å²) in [5.74, 6) is 0. The van der Waals surface area contributed by atoms with Crippen molar-refractivity contribution in [1.29, 1.82) is 0 Å². The molecule has 2 N–H and O–H groups in total. The first kappa shape index (κ1) is 22.5. The monoisotopic (exact) mass is 215 g/mol. The third kappa shape index (κ3) is 58.8. The average Bonchev–Trinajstić information content (AvgIpc) is 0.722. The zero-order valence-corrected chi connectivity index (χ0v) is 12.0. The molecule has 0 fully saturated rings. The van der Waals surface area contributed by atoms with Crippen LogP contribution in [0.15, 0.2) is 0 Å². The van der Waals surface area contributed by atoms with Crippen molar-refractivity contribution in [3.05, 3.63) is 0 Å². The van der Waals surface area contributed by atoms with Crippen LogP contribution in [0.3, 0.4) is 0 Å². The molecule has 0 saturated carbocycles. The zero-order chi connectivity index (χ0) is 4.50. The Morgan fingerprint density at radius 1 is 1.50 bits per heavy atom. The minimum Gasteiger partial charge on any atom is -1.00 e. The van der Waals surface area contributed by atoms with Gasteiger partial charge in [-0.25, -0.2) is 4.57 Å². The summed E-state index contributed by atoms with van der Waals surface area (Å²) in [5.41, 5.74) is 0. The average molecular weight is 215 g/mol. The summed E-state index contributed by atoms with van der Waals surface area (Å²) in [5, 5.41) is 0. The van der Waals surface area contributed by atoms with E-state index in [9.17, 15) is 4.20 Å². The normalized spacial score (nSPS) is 7.38. The van der Waals surface area contributed by atoms with E-state index in [1.54, 1.807) is 0 Å². The fourth-order valence-corrected chi connectivity index (χ4v) is 0. The summed E-state index contributed by atoms with van der Waals surface area (Å²) in [6, 6.07) is 0. The first-order chi connectivity index (χ1) is 2.00. The van der Waals surface area contributed by atoms with Crippen LogP contribution in [0.2, 0.25) is 0 Å². The summed E-state index contributed by atoms with van der Waals surface area (Å²) in [7, 11) is -5.14. The number of rotatable bonds is 0. The molecule has 0 aromatic carbocycles. The Balaban J connectivity index is -0.00000000800. The molecule has 0 aliphatic heterocycles. The molecule has 0 aromatic rings. The largest absolute Gasteiger partial charge is 1.00 e. The van der Waals surface area contributed by atoms with Crippen molar-refractivity contribution in [1.82, 2.24) is 0 Å². The van der Waals surface area contributed by atoms with Crippen molar-refractivity contribution in [2.24, 2.45) is 0 Å². The molecule has 0 aliphatic rings. The summed E-state index contributed by atoms with van der Waals surface area (Å²) in [6.07, 6.45) is 0. The molecular weight excluding hydrogens is 211 g/mol. The van der Waals surface area contributed by atoms with Gasteiger partial charge >= 0.3 is 88.8 Å². The van der Waals surface area contributed by atoms with Crippen molar-refractivity contribution < 1.29 is 121 Å². The first-order valence-corrected chi connectivity index (χ1v) is 2.25. The topological polar surface area (TPSA) is 57.5 Å². The van der Waals surface area contributed by atoms with E-state index in [2.05, 4.69) is 0 Å². The standard InChI is InChI=1S/FH2O3P.K.Na.V.2H/c1-5(2,3)4;;;;;/h(H2,2,3,4);;;;;/q;2*+1;;2*-1. The summed E-state index contributed by atoms with van der Waals surface area (Å²) < 4.78 is 19.0. The van der Waals surface area contributed by atoms with Crippen molar-refractivity contribution in [3.8, 4) is 0 Å². The van der Waals surface area contributed by atoms with Crippen LogP contribution >= 0.6 is 7.91 Å². The molecule has 0 unspecified atom stereocenters. The van der Waals surface area contributed by atoms with Gasteiger partial charge in [0.1, 0.15) is 0 Å². The molecule has 0 spiro atoms. The molecule has 0 atom stereocenters. The van der Waals surface area contributed by atoms with Crippen molar-refractivity contribution in [2.75, 3.05) is 0 Å². The Kier molecular flexibility index (Phi) is 29.0. The molecular formula is H4FKNaO3PV. The Morgan fingerprint density at radius 3 is 1.50 bits per heavy atom. The van der Waals surface area contributed by atoms with E-state index >= 15 is 0 Å². The van der Waals surface area contributed by atoms with E-state index in [4.69, 9.17) is 14.4 Å². The van der Waals surface area contributed by atoms with E-state index in [1.165, 1.54) is 0 Å². The quantitative estimate of drug-likeness (QED) is 0.313. The second-order valence-electron chi connectivity index (χ2n) is 0.473. The molecule has 0 amide bonds. The Bertz CT molecular complexity index is 72.6. The van der Waals surface area contributed by atoms with Gasteiger partial charge in [0.05, 0.1) is 0 Å². The number of hydrogen-bond donors (Lipinski definition) is 2. The second-order valence-corrected chi connectivity index (χ2v) is 1.42. The van der Waals surface area contributed by atoms with E-state index in [-0.39, 0.29) is 102 Å². The van der Waals surface area contributed by atoms with Crippen LogP contribution in [0.4, 0.5) is 4.20 Å². The molecule has 0 bridgehead atoms. The van der Waals surface area contributed by atoms with Crippen LogP contribution in [-0.2, 0) is 23.1 Å². The maximum Gasteiger partial charge on any atom is 1.00 e. The SMILES string of the molecule is O=P(O)(O)F.[H-].[H-].[K+].[Na+].[V]. The van der Waals surface area contributed by atoms with Crippen LogP contribution < -0.4 is 80.9 Å². The van der Waals surface area contributed by atoms with Gasteiger partial charge in [-0.05, 0) is 0 Å². The van der Waals surface area contributed by atoms with Gasteiger partial charge in [-0.1, -0.05) is 0 Å². The molecule has 41 valence electrons. The third-order valence-electron chi connectivity index (χ3n) is 0. The molecule has 0 rings (SSSR count). The molecule has 0 aromatic heterocycles. The van der Waals surface area contributed by atoms with Crippen LogP contribution in [0.5, 0.6) is 0 Å². The summed E-state index contributed by atoms with van der Waals surface area (Å²) in [6.45, 7) is 0. The number of halogens is 1. The fourth-order valence-electron chi connectivity index (χ4n) is 0. The molecule has 3 nitrogen and oxygen atoms in total. The maximum absolute atomic E-state index is 10.4. The van der Waals surface area contributed by atoms with E-state index in [0.29, 0.717) is 0 Å². The van der Waals surface area contributed by atoms with E-state index < -0.39 is 7.91 Å². The van der Waals surface area contributed by atoms with Crippen molar-refractivity contribution in [2.45, 2.75) is 0 Å². The predicted molar refractivity (Wildman–Crippen MR) is 15.4 cm³/mol. The Labute approximate surface area is 126 Å². The van der Waals surface area contributed by atoms with Gasteiger partial charge in [-0.3, -0.25) is 9.79 Å². The Morgan fingerprint density at radius 2 is 1.50 bits per heavy atom. The first-order valence-electron chi connectivity index (χ1n) is 0.752. The van der Waals surface area contributed by atoms with Gasteiger partial charge in [0, 0.05) is 18.6 Å². The molecule has 0 heterocycles. The van der Waals surface area contributed by atoms with E-state index in [0.717, 1.165) is 0 Å². The summed E-state index contributed by atoms with van der Waals surface area (Å²) in [4.78, 5) is 13.9. The van der Waals surface area contributed by atoms with Gasteiger partial charge < -0.3 is 2.85 Å². The second kappa shape index (κ2) is 10.3. The van der Waals surface area contributed by atoms with Crippen LogP contribution in [-0.4, -0.2) is 9.79 Å². The maximum atomic E-state index is 10.4. The molecule has 8 heteroatoms. The van der Waals surface area contributed by atoms with Crippen LogP contribution in [0, 0.1) is 0 Å². The van der Waals surface area contributed by atoms with Gasteiger partial charge in [0.2, 0.25) is 0 Å². The van der Waals surface area contributed by atoms with Crippen molar-refractivity contribution >= 4 is 7.91 Å². The molecule has 1 radical (unpaired) electrons. The van der Waals surface area contributed by atoms with Gasteiger partial charge in [0.25, 0.3) is 0 Å². The van der Waals surface area contributed by atoms with E-state index in [1.807, 2.05) is 0 Å². The molecule has 8 heavy (non-hydrogen) atoms. The minimum absolute atomic E-state index is 0. The van der Waals surface area contributed by atoms with Gasteiger partial charge in [-0.15, -0.1) is 4.20 Å². The Hall–Kier alpha value is 3.30. The third-order valence-corrected chi connectivity index (χ3v) is 0. The van der Waals surface area contributed by atoms with Gasteiger partial charge in [-0.2, -0.15) is 0 Å².